The fraction of sp³-hybridized carbons (Fsp3) is 0.118. The summed E-state index contributed by atoms with van der Waals surface area (Å²) >= 11 is 20.6. The summed E-state index contributed by atoms with van der Waals surface area (Å²) in [5.41, 5.74) is -0.165. The lowest BCUT2D eigenvalue weighted by molar-refractivity contribution is -0.139. The van der Waals surface area contributed by atoms with E-state index < -0.39 is 75.0 Å². The number of urea groups is 1. The van der Waals surface area contributed by atoms with E-state index in [9.17, 15) is 44.3 Å². The topological polar surface area (TPSA) is 195 Å². The Morgan fingerprint density at radius 2 is 1.06 bits per heavy atom. The number of nitrogens with zero attached hydrogens (tertiary/aromatic N) is 4. The van der Waals surface area contributed by atoms with Crippen molar-refractivity contribution >= 4 is 114 Å². The molecule has 6 aromatic rings. The molecule has 0 aliphatic rings. The van der Waals surface area contributed by atoms with Gasteiger partial charge in [-0.15, -0.1) is 22.7 Å². The van der Waals surface area contributed by atoms with Gasteiger partial charge in [0.1, 0.15) is 26.4 Å². The van der Waals surface area contributed by atoms with Gasteiger partial charge in [0.05, 0.1) is 22.5 Å². The molecule has 0 spiro atoms. The molecule has 0 aliphatic carbocycles. The van der Waals surface area contributed by atoms with Crippen LogP contribution in [-0.4, -0.2) is 58.3 Å². The Kier molecular flexibility index (Phi) is 18.2. The highest BCUT2D eigenvalue weighted by molar-refractivity contribution is 7.81. The highest BCUT2D eigenvalue weighted by Crippen LogP contribution is 2.37. The molecule has 3 amide bonds. The second-order valence-electron chi connectivity index (χ2n) is 11.0. The van der Waals surface area contributed by atoms with Crippen LogP contribution in [0.2, 0.25) is 20.6 Å². The Balaban J connectivity index is 0.000000262. The number of benzene rings is 2. The van der Waals surface area contributed by atoms with Gasteiger partial charge < -0.3 is 18.8 Å². The summed E-state index contributed by atoms with van der Waals surface area (Å²) in [5.74, 6) is -2.75. The van der Waals surface area contributed by atoms with Gasteiger partial charge in [-0.05, 0) is 48.5 Å². The Hall–Kier alpha value is -4.66. The van der Waals surface area contributed by atoms with Crippen LogP contribution in [0.3, 0.4) is 0 Å². The third-order valence-corrected chi connectivity index (χ3v) is 10.6. The number of carbonyl (C=O) groups excluding carboxylic acids is 2. The van der Waals surface area contributed by atoms with Crippen LogP contribution < -0.4 is 23.7 Å². The first kappa shape index (κ1) is 50.0. The minimum Gasteiger partial charge on any atom is -0.400 e. The van der Waals surface area contributed by atoms with Crippen LogP contribution in [0.25, 0.3) is 22.5 Å². The fourth-order valence-corrected chi connectivity index (χ4v) is 8.01. The normalized spacial score (nSPS) is 12.1. The molecule has 14 nitrogen and oxygen atoms in total. The van der Waals surface area contributed by atoms with Crippen LogP contribution in [0.5, 0.6) is 11.5 Å². The van der Waals surface area contributed by atoms with Crippen molar-refractivity contribution in [1.82, 2.24) is 24.7 Å². The lowest BCUT2D eigenvalue weighted by Crippen LogP contribution is -2.33. The largest absolute Gasteiger partial charge is 0.420 e. The molecule has 0 fully saturated rings. The molecule has 0 saturated heterocycles. The predicted octanol–water partition coefficient (Wildman–Crippen LogP) is 10.1. The van der Waals surface area contributed by atoms with Crippen molar-refractivity contribution in [3.63, 3.8) is 0 Å². The Labute approximate surface area is 379 Å². The first-order chi connectivity index (χ1) is 29.2. The Morgan fingerprint density at radius 1 is 0.661 bits per heavy atom. The number of aliphatic hydroxyl groups excluding tert-OH is 1. The number of thiazole rings is 2. The van der Waals surface area contributed by atoms with Gasteiger partial charge in [-0.3, -0.25) is 10.1 Å². The van der Waals surface area contributed by atoms with Crippen LogP contribution in [0.4, 0.5) is 41.4 Å². The highest BCUT2D eigenvalue weighted by Gasteiger charge is 2.36. The van der Waals surface area contributed by atoms with E-state index in [1.54, 1.807) is 10.8 Å². The van der Waals surface area contributed by atoms with Crippen LogP contribution in [0.15, 0.2) is 83.6 Å². The van der Waals surface area contributed by atoms with E-state index in [1.807, 2.05) is 4.72 Å². The molecule has 0 aliphatic heterocycles. The van der Waals surface area contributed by atoms with Gasteiger partial charge in [0.15, 0.2) is 21.8 Å². The molecule has 62 heavy (non-hydrogen) atoms. The van der Waals surface area contributed by atoms with E-state index in [4.69, 9.17) is 59.9 Å². The molecule has 4 N–H and O–H groups in total. The molecule has 2 unspecified atom stereocenters. The minimum absolute atomic E-state index is 0.124. The number of carbonyl (C=O) groups is 2. The van der Waals surface area contributed by atoms with E-state index >= 15 is 0 Å². The van der Waals surface area contributed by atoms with Gasteiger partial charge in [0.25, 0.3) is 0 Å². The maximum absolute atomic E-state index is 13.0. The number of para-hydroxylation sites is 2. The second-order valence-corrected chi connectivity index (χ2v) is 16.2. The maximum atomic E-state index is 13.0. The summed E-state index contributed by atoms with van der Waals surface area (Å²) in [5, 5.41) is 15.9. The average molecular weight is 1030 g/mol. The molecule has 2 aromatic carbocycles. The lowest BCUT2D eigenvalue weighted by atomic mass is 10.2. The minimum atomic E-state index is -4.71. The number of anilines is 2. The zero-order valence-corrected chi connectivity index (χ0v) is 36.7. The van der Waals surface area contributed by atoms with Crippen molar-refractivity contribution in [2.45, 2.75) is 12.4 Å². The van der Waals surface area contributed by atoms with Crippen molar-refractivity contribution in [2.75, 3.05) is 23.5 Å². The molecule has 4 aromatic heterocycles. The standard InChI is InChI=1S/C17H10Cl2F3N3O3S2.C16H9Cl2F3N4O3S2.CH4O/c18-13-5-9(6-14(19)24-13)11-7-29-16(23-11)25-15(26)8-30(27)28-12-4-2-1-3-10(12)17(20,21)22;17-12-5-8(6-13(18)23-12)10-7-29-15(22-10)24-14(26)25-30(27)28-11-4-2-1-3-9(11)16(19,20)21;1-2/h1-7H,8H2,(H,23,25,26);1-7H,(H2,22,24,25,26);2H,1H3. The zero-order chi connectivity index (χ0) is 45.8. The quantitative estimate of drug-likeness (QED) is 0.0713. The lowest BCUT2D eigenvalue weighted by Gasteiger charge is -2.12. The molecule has 6 rings (SSSR count). The SMILES string of the molecule is CO.O=C(CS(=O)Oc1ccccc1C(F)(F)F)Nc1nc(-c2cc(Cl)nc(Cl)c2)cs1.O=C(Nc1nc(-c2cc(Cl)nc(Cl)c2)cs1)NS(=O)Oc1ccccc1C(F)(F)F. The van der Waals surface area contributed by atoms with E-state index in [0.717, 1.165) is 60.1 Å². The highest BCUT2D eigenvalue weighted by atomic mass is 35.5. The van der Waals surface area contributed by atoms with Crippen molar-refractivity contribution in [3.05, 3.63) is 115 Å². The van der Waals surface area contributed by atoms with Gasteiger partial charge in [0, 0.05) is 29.0 Å². The average Bonchev–Trinajstić information content (AvgIpc) is 3.84. The maximum Gasteiger partial charge on any atom is 0.420 e. The summed E-state index contributed by atoms with van der Waals surface area (Å²) in [6.45, 7) is 0. The zero-order valence-electron chi connectivity index (χ0n) is 30.4. The molecular weight excluding hydrogens is 1000 g/mol. The van der Waals surface area contributed by atoms with E-state index in [1.165, 1.54) is 42.5 Å². The summed E-state index contributed by atoms with van der Waals surface area (Å²) < 4.78 is 113. The molecule has 0 saturated carbocycles. The number of halogens is 10. The number of aromatic nitrogens is 4. The van der Waals surface area contributed by atoms with Crippen molar-refractivity contribution in [3.8, 4) is 34.0 Å². The van der Waals surface area contributed by atoms with E-state index in [2.05, 4.69) is 30.6 Å². The number of aliphatic hydroxyl groups is 1. The van der Waals surface area contributed by atoms with E-state index in [-0.39, 0.29) is 30.9 Å². The molecule has 330 valence electrons. The molecular formula is C34H23Cl4F6N7O7S4. The van der Waals surface area contributed by atoms with Crippen molar-refractivity contribution < 1.29 is 57.8 Å². The summed E-state index contributed by atoms with van der Waals surface area (Å²) in [6, 6.07) is 13.6. The molecule has 0 radical (unpaired) electrons. The van der Waals surface area contributed by atoms with E-state index in [0.29, 0.717) is 22.5 Å². The van der Waals surface area contributed by atoms with Crippen LogP contribution in [0, 0.1) is 0 Å². The predicted molar refractivity (Wildman–Crippen MR) is 225 cm³/mol. The Bertz CT molecular complexity index is 2360. The number of hydrogen-bond acceptors (Lipinski definition) is 13. The number of nitrogens with one attached hydrogen (secondary N) is 3. The molecule has 2 atom stereocenters. The number of alkyl halides is 6. The Morgan fingerprint density at radius 3 is 1.50 bits per heavy atom. The van der Waals surface area contributed by atoms with Gasteiger partial charge in [0.2, 0.25) is 17.0 Å². The summed E-state index contributed by atoms with van der Waals surface area (Å²) in [7, 11) is 1.00. The van der Waals surface area contributed by atoms with Crippen LogP contribution in [0.1, 0.15) is 11.1 Å². The summed E-state index contributed by atoms with van der Waals surface area (Å²) in [6.07, 6.45) is -9.39. The van der Waals surface area contributed by atoms with Gasteiger partial charge in [-0.1, -0.05) is 70.7 Å². The fourth-order valence-electron chi connectivity index (χ4n) is 4.39. The summed E-state index contributed by atoms with van der Waals surface area (Å²) in [4.78, 5) is 40.0. The van der Waals surface area contributed by atoms with Crippen LogP contribution in [-0.2, 0) is 39.5 Å². The number of hydrogen-bond donors (Lipinski definition) is 4. The smallest absolute Gasteiger partial charge is 0.400 e. The monoisotopic (exact) mass is 1020 g/mol. The second kappa shape index (κ2) is 22.6. The third-order valence-electron chi connectivity index (χ3n) is 6.75. The molecule has 28 heteroatoms. The number of amides is 3. The van der Waals surface area contributed by atoms with Crippen molar-refractivity contribution in [2.24, 2.45) is 0 Å². The third kappa shape index (κ3) is 15.3. The first-order valence-electron chi connectivity index (χ1n) is 16.1. The van der Waals surface area contributed by atoms with Crippen molar-refractivity contribution in [1.29, 1.82) is 0 Å². The number of pyridine rings is 2. The van der Waals surface area contributed by atoms with Gasteiger partial charge in [-0.25, -0.2) is 33.7 Å². The van der Waals surface area contributed by atoms with Gasteiger partial charge in [-0.2, -0.15) is 30.6 Å². The van der Waals surface area contributed by atoms with Gasteiger partial charge >= 0.3 is 29.7 Å². The van der Waals surface area contributed by atoms with Crippen LogP contribution >= 0.6 is 69.1 Å². The number of rotatable bonds is 11. The first-order valence-corrected chi connectivity index (χ1v) is 21.7. The molecule has 4 heterocycles. The molecule has 0 bridgehead atoms.